The van der Waals surface area contributed by atoms with Gasteiger partial charge in [-0.2, -0.15) is 0 Å². The minimum atomic E-state index is 0.353. The van der Waals surface area contributed by atoms with Crippen LogP contribution in [0.2, 0.25) is 0 Å². The number of nitrogens with one attached hydrogen (secondary N) is 1. The molecule has 1 N–H and O–H groups in total. The lowest BCUT2D eigenvalue weighted by Gasteiger charge is -2.08. The molecule has 1 heterocycles. The lowest BCUT2D eigenvalue weighted by Crippen LogP contribution is -2.16. The van der Waals surface area contributed by atoms with Crippen molar-refractivity contribution in [2.75, 3.05) is 13.2 Å². The van der Waals surface area contributed by atoms with Crippen LogP contribution in [0, 0.1) is 0 Å². The maximum Gasteiger partial charge on any atom is 0.123 e. The van der Waals surface area contributed by atoms with Crippen molar-refractivity contribution in [3.05, 3.63) is 35.3 Å². The first-order chi connectivity index (χ1) is 9.74. The number of benzene rings is 1. The van der Waals surface area contributed by atoms with Gasteiger partial charge in [-0.1, -0.05) is 26.0 Å². The lowest BCUT2D eigenvalue weighted by atomic mass is 10.2. The van der Waals surface area contributed by atoms with Crippen molar-refractivity contribution in [2.45, 2.75) is 33.2 Å². The molecule has 0 radical (unpaired) electrons. The van der Waals surface area contributed by atoms with Gasteiger partial charge in [0.05, 0.1) is 6.61 Å². The monoisotopic (exact) mass is 290 g/mol. The summed E-state index contributed by atoms with van der Waals surface area (Å²) in [4.78, 5) is 5.80. The number of rotatable bonds is 7. The SMILES string of the molecule is CCCOc1cccc(-c2ncc(C(C)NCC)s2)c1. The van der Waals surface area contributed by atoms with E-state index in [0.717, 1.165) is 35.9 Å². The zero-order chi connectivity index (χ0) is 14.4. The van der Waals surface area contributed by atoms with E-state index in [2.05, 4.69) is 43.2 Å². The Morgan fingerprint density at radius 1 is 1.35 bits per heavy atom. The van der Waals surface area contributed by atoms with E-state index in [1.807, 2.05) is 18.3 Å². The molecule has 0 saturated heterocycles. The first kappa shape index (κ1) is 15.0. The zero-order valence-corrected chi connectivity index (χ0v) is 13.2. The number of ether oxygens (including phenoxy) is 1. The van der Waals surface area contributed by atoms with Gasteiger partial charge in [0.25, 0.3) is 0 Å². The van der Waals surface area contributed by atoms with Gasteiger partial charge in [-0.05, 0) is 32.0 Å². The van der Waals surface area contributed by atoms with Crippen LogP contribution in [0.5, 0.6) is 5.75 Å². The topological polar surface area (TPSA) is 34.1 Å². The highest BCUT2D eigenvalue weighted by atomic mass is 32.1. The molecule has 1 atom stereocenters. The third-order valence-electron chi connectivity index (χ3n) is 3.01. The van der Waals surface area contributed by atoms with Gasteiger partial charge in [0.1, 0.15) is 10.8 Å². The third kappa shape index (κ3) is 3.81. The molecule has 0 fully saturated rings. The summed E-state index contributed by atoms with van der Waals surface area (Å²) in [5, 5.41) is 4.46. The summed E-state index contributed by atoms with van der Waals surface area (Å²) in [6, 6.07) is 8.52. The van der Waals surface area contributed by atoms with Crippen LogP contribution < -0.4 is 10.1 Å². The quantitative estimate of drug-likeness (QED) is 0.827. The molecule has 4 heteroatoms. The van der Waals surface area contributed by atoms with E-state index in [4.69, 9.17) is 4.74 Å². The van der Waals surface area contributed by atoms with Crippen LogP contribution in [0.25, 0.3) is 10.6 Å². The standard InChI is InChI=1S/C16H22N2OS/c1-4-9-19-14-8-6-7-13(10-14)16-18-11-15(20-16)12(3)17-5-2/h6-8,10-12,17H,4-5,9H2,1-3H3. The Balaban J connectivity index is 2.15. The van der Waals surface area contributed by atoms with E-state index < -0.39 is 0 Å². The molecule has 20 heavy (non-hydrogen) atoms. The van der Waals surface area contributed by atoms with E-state index in [0.29, 0.717) is 6.04 Å². The molecule has 108 valence electrons. The Kier molecular flexibility index (Phi) is 5.56. The molecule has 0 spiro atoms. The molecule has 2 rings (SSSR count). The largest absolute Gasteiger partial charge is 0.494 e. The van der Waals surface area contributed by atoms with Crippen LogP contribution in [0.4, 0.5) is 0 Å². The molecule has 1 aromatic heterocycles. The average Bonchev–Trinajstić information content (AvgIpc) is 2.95. The number of nitrogens with zero attached hydrogens (tertiary/aromatic N) is 1. The fourth-order valence-corrected chi connectivity index (χ4v) is 2.90. The number of aromatic nitrogens is 1. The van der Waals surface area contributed by atoms with Crippen LogP contribution in [-0.2, 0) is 0 Å². The fraction of sp³-hybridized carbons (Fsp3) is 0.438. The predicted molar refractivity (Wildman–Crippen MR) is 85.4 cm³/mol. The van der Waals surface area contributed by atoms with Gasteiger partial charge in [0, 0.05) is 22.7 Å². The van der Waals surface area contributed by atoms with Crippen molar-refractivity contribution in [3.8, 4) is 16.3 Å². The summed E-state index contributed by atoms with van der Waals surface area (Å²) in [6.07, 6.45) is 2.98. The van der Waals surface area contributed by atoms with E-state index >= 15 is 0 Å². The Morgan fingerprint density at radius 2 is 2.20 bits per heavy atom. The zero-order valence-electron chi connectivity index (χ0n) is 12.3. The Hall–Kier alpha value is -1.39. The molecule has 0 aliphatic carbocycles. The molecule has 0 aliphatic heterocycles. The summed E-state index contributed by atoms with van der Waals surface area (Å²) in [6.45, 7) is 8.12. The third-order valence-corrected chi connectivity index (χ3v) is 4.24. The van der Waals surface area contributed by atoms with Gasteiger partial charge >= 0.3 is 0 Å². The molecule has 0 saturated carbocycles. The van der Waals surface area contributed by atoms with Crippen LogP contribution in [0.15, 0.2) is 30.5 Å². The highest BCUT2D eigenvalue weighted by molar-refractivity contribution is 7.15. The average molecular weight is 290 g/mol. The highest BCUT2D eigenvalue weighted by Crippen LogP contribution is 2.30. The molecule has 1 unspecified atom stereocenters. The van der Waals surface area contributed by atoms with E-state index in [9.17, 15) is 0 Å². The molecule has 1 aromatic carbocycles. The van der Waals surface area contributed by atoms with Gasteiger partial charge in [-0.3, -0.25) is 0 Å². The van der Waals surface area contributed by atoms with E-state index in [1.165, 1.54) is 4.88 Å². The van der Waals surface area contributed by atoms with Gasteiger partial charge in [0.15, 0.2) is 0 Å². The van der Waals surface area contributed by atoms with Crippen LogP contribution in [0.1, 0.15) is 38.1 Å². The molecule has 0 bridgehead atoms. The first-order valence-corrected chi connectivity index (χ1v) is 7.98. The molecular formula is C16H22N2OS. The molecule has 3 nitrogen and oxygen atoms in total. The predicted octanol–water partition coefficient (Wildman–Crippen LogP) is 4.27. The first-order valence-electron chi connectivity index (χ1n) is 7.17. The van der Waals surface area contributed by atoms with Gasteiger partial charge in [-0.25, -0.2) is 4.98 Å². The number of hydrogen-bond donors (Lipinski definition) is 1. The highest BCUT2D eigenvalue weighted by Gasteiger charge is 2.10. The summed E-state index contributed by atoms with van der Waals surface area (Å²) in [5.74, 6) is 0.917. The Labute approximate surface area is 125 Å². The van der Waals surface area contributed by atoms with Crippen molar-refractivity contribution in [3.63, 3.8) is 0 Å². The molecule has 2 aromatic rings. The van der Waals surface area contributed by atoms with Crippen LogP contribution in [-0.4, -0.2) is 18.1 Å². The van der Waals surface area contributed by atoms with E-state index in [-0.39, 0.29) is 0 Å². The molecule has 0 amide bonds. The molecular weight excluding hydrogens is 268 g/mol. The fourth-order valence-electron chi connectivity index (χ4n) is 1.97. The van der Waals surface area contributed by atoms with Gasteiger partial charge in [0.2, 0.25) is 0 Å². The second-order valence-electron chi connectivity index (χ2n) is 4.72. The number of hydrogen-bond acceptors (Lipinski definition) is 4. The van der Waals surface area contributed by atoms with Crippen molar-refractivity contribution in [1.82, 2.24) is 10.3 Å². The van der Waals surface area contributed by atoms with Crippen molar-refractivity contribution in [2.24, 2.45) is 0 Å². The summed E-state index contributed by atoms with van der Waals surface area (Å²) in [7, 11) is 0. The maximum atomic E-state index is 5.67. The van der Waals surface area contributed by atoms with Crippen molar-refractivity contribution in [1.29, 1.82) is 0 Å². The summed E-state index contributed by atoms with van der Waals surface area (Å²) in [5.41, 5.74) is 1.12. The Morgan fingerprint density at radius 3 is 2.95 bits per heavy atom. The number of thiazole rings is 1. The normalized spacial score (nSPS) is 12.3. The second-order valence-corrected chi connectivity index (χ2v) is 5.79. The molecule has 0 aliphatic rings. The van der Waals surface area contributed by atoms with Crippen LogP contribution in [0.3, 0.4) is 0 Å². The minimum Gasteiger partial charge on any atom is -0.494 e. The van der Waals surface area contributed by atoms with Gasteiger partial charge < -0.3 is 10.1 Å². The van der Waals surface area contributed by atoms with Crippen LogP contribution >= 0.6 is 11.3 Å². The van der Waals surface area contributed by atoms with E-state index in [1.54, 1.807) is 11.3 Å². The minimum absolute atomic E-state index is 0.353. The lowest BCUT2D eigenvalue weighted by molar-refractivity contribution is 0.317. The van der Waals surface area contributed by atoms with Crippen molar-refractivity contribution < 1.29 is 4.74 Å². The second kappa shape index (κ2) is 7.41. The Bertz CT molecular complexity index is 539. The van der Waals surface area contributed by atoms with Crippen molar-refractivity contribution >= 4 is 11.3 Å². The van der Waals surface area contributed by atoms with Gasteiger partial charge in [-0.15, -0.1) is 11.3 Å². The smallest absolute Gasteiger partial charge is 0.123 e. The summed E-state index contributed by atoms with van der Waals surface area (Å²) < 4.78 is 5.67. The maximum absolute atomic E-state index is 5.67. The summed E-state index contributed by atoms with van der Waals surface area (Å²) >= 11 is 1.74.